The summed E-state index contributed by atoms with van der Waals surface area (Å²) < 4.78 is 29.3. The maximum absolute atomic E-state index is 8.93. The van der Waals surface area contributed by atoms with Gasteiger partial charge in [0.15, 0.2) is 11.6 Å². The van der Waals surface area contributed by atoms with Gasteiger partial charge in [-0.25, -0.2) is 0 Å². The zero-order chi connectivity index (χ0) is 14.5. The molecule has 0 aromatic rings. The van der Waals surface area contributed by atoms with Gasteiger partial charge in [-0.15, -0.1) is 0 Å². The Bertz CT molecular complexity index is 430. The maximum Gasteiger partial charge on any atom is 0.164 e. The summed E-state index contributed by atoms with van der Waals surface area (Å²) in [4.78, 5) is 0. The molecule has 0 saturated carbocycles. The van der Waals surface area contributed by atoms with Crippen molar-refractivity contribution in [3.8, 4) is 6.07 Å². The molecule has 3 saturated heterocycles. The average Bonchev–Trinajstić information content (AvgIpc) is 2.92. The number of hydrogen-bond acceptors (Lipinski definition) is 6. The first-order chi connectivity index (χ1) is 9.31. The molecule has 20 heavy (non-hydrogen) atoms. The monoisotopic (exact) mass is 283 g/mol. The summed E-state index contributed by atoms with van der Waals surface area (Å²) in [6, 6.07) is 2.14. The predicted molar refractivity (Wildman–Crippen MR) is 67.6 cm³/mol. The molecule has 3 fully saturated rings. The van der Waals surface area contributed by atoms with Crippen LogP contribution in [0.25, 0.3) is 0 Å². The molecule has 0 aliphatic carbocycles. The van der Waals surface area contributed by atoms with E-state index in [1.807, 2.05) is 27.7 Å². The van der Waals surface area contributed by atoms with Gasteiger partial charge < -0.3 is 23.7 Å². The van der Waals surface area contributed by atoms with E-state index < -0.39 is 11.6 Å². The second-order valence-electron chi connectivity index (χ2n) is 6.43. The van der Waals surface area contributed by atoms with Crippen molar-refractivity contribution in [1.29, 1.82) is 5.26 Å². The molecule has 5 atom stereocenters. The van der Waals surface area contributed by atoms with Crippen LogP contribution in [0.4, 0.5) is 0 Å². The van der Waals surface area contributed by atoms with Crippen molar-refractivity contribution in [2.45, 2.75) is 76.2 Å². The number of fused-ring (bicyclic) bond motifs is 1. The minimum atomic E-state index is -0.653. The van der Waals surface area contributed by atoms with Crippen LogP contribution in [0.1, 0.15) is 34.1 Å². The van der Waals surface area contributed by atoms with E-state index in [1.165, 1.54) is 0 Å². The zero-order valence-electron chi connectivity index (χ0n) is 12.3. The van der Waals surface area contributed by atoms with Gasteiger partial charge in [0, 0.05) is 0 Å². The summed E-state index contributed by atoms with van der Waals surface area (Å²) in [5.74, 6) is -1.26. The van der Waals surface area contributed by atoms with Crippen LogP contribution in [0.3, 0.4) is 0 Å². The summed E-state index contributed by atoms with van der Waals surface area (Å²) in [5, 5.41) is 8.93. The number of ether oxygens (including phenoxy) is 5. The Kier molecular flexibility index (Phi) is 3.31. The molecule has 0 amide bonds. The lowest BCUT2D eigenvalue weighted by Crippen LogP contribution is -2.40. The molecule has 3 aliphatic rings. The minimum Gasteiger partial charge on any atom is -0.365 e. The summed E-state index contributed by atoms with van der Waals surface area (Å²) in [5.41, 5.74) is 0. The van der Waals surface area contributed by atoms with Crippen LogP contribution in [-0.2, 0) is 23.7 Å². The highest BCUT2D eigenvalue weighted by atomic mass is 16.8. The number of rotatable bonds is 2. The van der Waals surface area contributed by atoms with E-state index in [-0.39, 0.29) is 36.9 Å². The second-order valence-corrected chi connectivity index (χ2v) is 6.43. The molecule has 3 heterocycles. The zero-order valence-corrected chi connectivity index (χ0v) is 12.3. The summed E-state index contributed by atoms with van der Waals surface area (Å²) in [6.45, 7) is 7.97. The van der Waals surface area contributed by atoms with Crippen molar-refractivity contribution < 1.29 is 23.7 Å². The second kappa shape index (κ2) is 4.65. The molecule has 0 aromatic carbocycles. The average molecular weight is 283 g/mol. The Morgan fingerprint density at radius 1 is 1.00 bits per heavy atom. The lowest BCUT2D eigenvalue weighted by molar-refractivity contribution is -0.205. The van der Waals surface area contributed by atoms with Crippen molar-refractivity contribution in [1.82, 2.24) is 0 Å². The minimum absolute atomic E-state index is 0.196. The summed E-state index contributed by atoms with van der Waals surface area (Å²) in [6.07, 6.45) is -0.883. The van der Waals surface area contributed by atoms with Gasteiger partial charge in [-0.05, 0) is 27.7 Å². The Hall–Kier alpha value is -0.710. The van der Waals surface area contributed by atoms with Gasteiger partial charge in [-0.2, -0.15) is 5.26 Å². The molecule has 0 aromatic heterocycles. The fourth-order valence-corrected chi connectivity index (χ4v) is 3.15. The third-order valence-electron chi connectivity index (χ3n) is 3.88. The van der Waals surface area contributed by atoms with Gasteiger partial charge in [0.05, 0.1) is 19.1 Å². The Morgan fingerprint density at radius 2 is 1.70 bits per heavy atom. The van der Waals surface area contributed by atoms with Crippen LogP contribution in [0.5, 0.6) is 0 Å². The number of nitriles is 1. The molecule has 2 unspecified atom stereocenters. The molecular formula is C14H21NO5. The third-order valence-corrected chi connectivity index (χ3v) is 3.88. The normalized spacial score (nSPS) is 45.2. The van der Waals surface area contributed by atoms with Gasteiger partial charge in [0.25, 0.3) is 0 Å². The van der Waals surface area contributed by atoms with Gasteiger partial charge in [0.1, 0.15) is 30.5 Å². The van der Waals surface area contributed by atoms with Crippen molar-refractivity contribution in [3.05, 3.63) is 0 Å². The quantitative estimate of drug-likeness (QED) is 0.761. The highest BCUT2D eigenvalue weighted by molar-refractivity contribution is 5.03. The van der Waals surface area contributed by atoms with Gasteiger partial charge in [0.2, 0.25) is 0 Å². The predicted octanol–water partition coefficient (Wildman–Crippen LogP) is 1.34. The first kappa shape index (κ1) is 14.2. The van der Waals surface area contributed by atoms with Crippen LogP contribution in [0.15, 0.2) is 0 Å². The topological polar surface area (TPSA) is 69.9 Å². The van der Waals surface area contributed by atoms with Crippen LogP contribution < -0.4 is 0 Å². The van der Waals surface area contributed by atoms with E-state index in [0.717, 1.165) is 0 Å². The van der Waals surface area contributed by atoms with E-state index in [4.69, 9.17) is 28.9 Å². The number of hydrogen-bond donors (Lipinski definition) is 0. The molecule has 0 bridgehead atoms. The van der Waals surface area contributed by atoms with Gasteiger partial charge in [-0.3, -0.25) is 0 Å². The fourth-order valence-electron chi connectivity index (χ4n) is 3.15. The summed E-state index contributed by atoms with van der Waals surface area (Å²) in [7, 11) is 0. The standard InChI is InChI=1S/C14H21NO5/c1-13(2)16-7-9(18-13)10-12-11(8(17-10)5-6-15)19-14(3,4)20-12/h8-12H,5,7H2,1-4H3/t8?,9?,10-,11-,12+/m1/s1. The Morgan fingerprint density at radius 3 is 2.30 bits per heavy atom. The largest absolute Gasteiger partial charge is 0.365 e. The highest BCUT2D eigenvalue weighted by Gasteiger charge is 2.58. The molecule has 112 valence electrons. The van der Waals surface area contributed by atoms with Crippen molar-refractivity contribution in [3.63, 3.8) is 0 Å². The maximum atomic E-state index is 8.93. The molecule has 0 radical (unpaired) electrons. The SMILES string of the molecule is CC1(C)OCC([C@H]2OC(CC#N)[C@H]3OC(C)(C)O[C@@H]23)O1. The highest BCUT2D eigenvalue weighted by Crippen LogP contribution is 2.42. The molecule has 0 N–H and O–H groups in total. The van der Waals surface area contributed by atoms with Crippen LogP contribution >= 0.6 is 0 Å². The van der Waals surface area contributed by atoms with E-state index in [1.54, 1.807) is 0 Å². The van der Waals surface area contributed by atoms with Crippen molar-refractivity contribution in [2.24, 2.45) is 0 Å². The first-order valence-corrected chi connectivity index (χ1v) is 7.01. The van der Waals surface area contributed by atoms with Gasteiger partial charge >= 0.3 is 0 Å². The fraction of sp³-hybridized carbons (Fsp3) is 0.929. The van der Waals surface area contributed by atoms with E-state index in [9.17, 15) is 0 Å². The molecule has 3 aliphatic heterocycles. The first-order valence-electron chi connectivity index (χ1n) is 7.01. The molecule has 6 nitrogen and oxygen atoms in total. The molecule has 0 spiro atoms. The van der Waals surface area contributed by atoms with E-state index in [2.05, 4.69) is 6.07 Å². The van der Waals surface area contributed by atoms with E-state index >= 15 is 0 Å². The lowest BCUT2D eigenvalue weighted by atomic mass is 10.0. The van der Waals surface area contributed by atoms with Gasteiger partial charge in [-0.1, -0.05) is 0 Å². The molecular weight excluding hydrogens is 262 g/mol. The van der Waals surface area contributed by atoms with E-state index in [0.29, 0.717) is 6.61 Å². The molecule has 6 heteroatoms. The van der Waals surface area contributed by atoms with Crippen molar-refractivity contribution >= 4 is 0 Å². The van der Waals surface area contributed by atoms with Crippen LogP contribution in [0.2, 0.25) is 0 Å². The van der Waals surface area contributed by atoms with Crippen LogP contribution in [0, 0.1) is 11.3 Å². The Labute approximate surface area is 118 Å². The lowest BCUT2D eigenvalue weighted by Gasteiger charge is -2.26. The molecule has 3 rings (SSSR count). The smallest absolute Gasteiger partial charge is 0.164 e. The Balaban J connectivity index is 1.77. The van der Waals surface area contributed by atoms with Crippen molar-refractivity contribution in [2.75, 3.05) is 6.61 Å². The van der Waals surface area contributed by atoms with Crippen LogP contribution in [-0.4, -0.2) is 48.7 Å². The number of nitrogens with zero attached hydrogens (tertiary/aromatic N) is 1. The third kappa shape index (κ3) is 2.45. The summed E-state index contributed by atoms with van der Waals surface area (Å²) >= 11 is 0.